The van der Waals surface area contributed by atoms with E-state index in [-0.39, 0.29) is 0 Å². The number of nitrogens with zero attached hydrogens (tertiary/aromatic N) is 3. The Morgan fingerprint density at radius 2 is 0.814 bits per heavy atom. The zero-order valence-corrected chi connectivity index (χ0v) is 32.0. The van der Waals surface area contributed by atoms with Crippen molar-refractivity contribution in [3.05, 3.63) is 212 Å². The molecule has 10 aromatic carbocycles. The van der Waals surface area contributed by atoms with Gasteiger partial charge in [0.2, 0.25) is 0 Å². The summed E-state index contributed by atoms with van der Waals surface area (Å²) in [6, 6.07) is 74.4. The van der Waals surface area contributed by atoms with Crippen LogP contribution in [0, 0.1) is 0 Å². The highest BCUT2D eigenvalue weighted by molar-refractivity contribution is 6.23. The Bertz CT molecular complexity index is 3600. The van der Waals surface area contributed by atoms with Crippen LogP contribution in [0.2, 0.25) is 0 Å². The van der Waals surface area contributed by atoms with E-state index in [1.165, 1.54) is 65.6 Å². The normalized spacial score (nSPS) is 11.7. The molecule has 0 aliphatic heterocycles. The van der Waals surface area contributed by atoms with Crippen LogP contribution in [-0.2, 0) is 0 Å². The average molecular weight is 750 g/mol. The lowest BCUT2D eigenvalue weighted by molar-refractivity contribution is 1.19. The first-order valence-corrected chi connectivity index (χ1v) is 20.1. The average Bonchev–Trinajstić information content (AvgIpc) is 3.65. The molecule has 0 bridgehead atoms. The highest BCUT2D eigenvalue weighted by Gasteiger charge is 2.16. The third-order valence-corrected chi connectivity index (χ3v) is 12.0. The molecule has 3 nitrogen and oxygen atoms in total. The van der Waals surface area contributed by atoms with Crippen molar-refractivity contribution in [2.45, 2.75) is 0 Å². The van der Waals surface area contributed by atoms with Gasteiger partial charge in [0.15, 0.2) is 0 Å². The van der Waals surface area contributed by atoms with E-state index in [0.717, 1.165) is 49.9 Å². The van der Waals surface area contributed by atoms with Gasteiger partial charge in [0, 0.05) is 32.8 Å². The summed E-state index contributed by atoms with van der Waals surface area (Å²) >= 11 is 0. The summed E-state index contributed by atoms with van der Waals surface area (Å²) < 4.78 is 2.41. The van der Waals surface area contributed by atoms with Crippen molar-refractivity contribution >= 4 is 65.2 Å². The van der Waals surface area contributed by atoms with Gasteiger partial charge in [-0.25, -0.2) is 4.98 Å². The molecule has 0 atom stereocenters. The third kappa shape index (κ3) is 5.51. The standard InChI is InChI=1S/C56H35N3/c1-2-13-42-33-45(28-26-36(42)12-1)59-53-25-8-7-22-48(53)49-29-27-43(34-54(49)59)40-17-10-15-38(31-40)37-14-9-16-39(30-37)41-18-11-19-44(32-41)52-35-57-55-50-23-5-3-20-46(50)47-21-4-6-24-51(47)56(55)58-52/h1-35H. The van der Waals surface area contributed by atoms with Crippen LogP contribution in [0.15, 0.2) is 212 Å². The molecule has 0 N–H and O–H groups in total. The highest BCUT2D eigenvalue weighted by Crippen LogP contribution is 2.38. The van der Waals surface area contributed by atoms with Crippen LogP contribution in [0.1, 0.15) is 0 Å². The second kappa shape index (κ2) is 13.4. The summed E-state index contributed by atoms with van der Waals surface area (Å²) in [6.45, 7) is 0. The minimum atomic E-state index is 0.861. The molecule has 0 saturated heterocycles. The number of hydrogen-bond donors (Lipinski definition) is 0. The Morgan fingerprint density at radius 3 is 1.49 bits per heavy atom. The molecule has 0 amide bonds. The maximum absolute atomic E-state index is 5.26. The van der Waals surface area contributed by atoms with Gasteiger partial charge >= 0.3 is 0 Å². The number of rotatable bonds is 5. The number of fused-ring (bicyclic) bond motifs is 10. The smallest absolute Gasteiger partial charge is 0.0979 e. The van der Waals surface area contributed by atoms with Crippen LogP contribution in [0.3, 0.4) is 0 Å². The van der Waals surface area contributed by atoms with E-state index in [0.29, 0.717) is 0 Å². The fourth-order valence-electron chi connectivity index (χ4n) is 9.12. The molecule has 3 heteroatoms. The van der Waals surface area contributed by atoms with E-state index >= 15 is 0 Å². The fraction of sp³-hybridized carbons (Fsp3) is 0. The molecule has 0 unspecified atom stereocenters. The summed E-state index contributed by atoms with van der Waals surface area (Å²) in [6.07, 6.45) is 1.92. The van der Waals surface area contributed by atoms with Crippen LogP contribution in [-0.4, -0.2) is 14.5 Å². The van der Waals surface area contributed by atoms with Gasteiger partial charge in [-0.2, -0.15) is 0 Å². The van der Waals surface area contributed by atoms with Crippen molar-refractivity contribution in [2.24, 2.45) is 0 Å². The topological polar surface area (TPSA) is 30.7 Å². The molecular formula is C56H35N3. The predicted octanol–water partition coefficient (Wildman–Crippen LogP) is 14.9. The van der Waals surface area contributed by atoms with Gasteiger partial charge in [-0.1, -0.05) is 164 Å². The molecule has 0 spiro atoms. The van der Waals surface area contributed by atoms with Gasteiger partial charge in [-0.3, -0.25) is 4.98 Å². The highest BCUT2D eigenvalue weighted by atomic mass is 15.0. The Labute approximate surface area is 341 Å². The fourth-order valence-corrected chi connectivity index (χ4v) is 9.12. The first-order chi connectivity index (χ1) is 29.2. The number of benzene rings is 10. The van der Waals surface area contributed by atoms with E-state index in [1.54, 1.807) is 0 Å². The zero-order valence-electron chi connectivity index (χ0n) is 32.0. The second-order valence-corrected chi connectivity index (χ2v) is 15.4. The molecule has 0 aliphatic rings. The van der Waals surface area contributed by atoms with Crippen LogP contribution in [0.25, 0.3) is 115 Å². The van der Waals surface area contributed by atoms with Crippen molar-refractivity contribution in [1.29, 1.82) is 0 Å². The first kappa shape index (κ1) is 33.3. The maximum Gasteiger partial charge on any atom is 0.0979 e. The van der Waals surface area contributed by atoms with E-state index in [1.807, 2.05) is 6.20 Å². The van der Waals surface area contributed by atoms with Crippen molar-refractivity contribution in [2.75, 3.05) is 0 Å². The van der Waals surface area contributed by atoms with Crippen LogP contribution >= 0.6 is 0 Å². The molecule has 0 saturated carbocycles. The number of aromatic nitrogens is 3. The minimum Gasteiger partial charge on any atom is -0.309 e. The van der Waals surface area contributed by atoms with E-state index in [9.17, 15) is 0 Å². The largest absolute Gasteiger partial charge is 0.309 e. The van der Waals surface area contributed by atoms with Gasteiger partial charge in [0.1, 0.15) is 0 Å². The third-order valence-electron chi connectivity index (χ3n) is 12.0. The second-order valence-electron chi connectivity index (χ2n) is 15.4. The lowest BCUT2D eigenvalue weighted by Crippen LogP contribution is -1.94. The lowest BCUT2D eigenvalue weighted by atomic mass is 9.95. The molecule has 2 aromatic heterocycles. The van der Waals surface area contributed by atoms with Crippen molar-refractivity contribution in [3.8, 4) is 50.3 Å². The monoisotopic (exact) mass is 749 g/mol. The van der Waals surface area contributed by atoms with Gasteiger partial charge in [-0.15, -0.1) is 0 Å². The zero-order chi connectivity index (χ0) is 38.9. The van der Waals surface area contributed by atoms with Crippen molar-refractivity contribution in [3.63, 3.8) is 0 Å². The molecule has 274 valence electrons. The maximum atomic E-state index is 5.26. The first-order valence-electron chi connectivity index (χ1n) is 20.1. The van der Waals surface area contributed by atoms with Gasteiger partial charge in [-0.05, 0) is 97.4 Å². The van der Waals surface area contributed by atoms with E-state index in [4.69, 9.17) is 9.97 Å². The van der Waals surface area contributed by atoms with Crippen molar-refractivity contribution in [1.82, 2.24) is 14.5 Å². The number of para-hydroxylation sites is 1. The minimum absolute atomic E-state index is 0.861. The summed E-state index contributed by atoms with van der Waals surface area (Å²) in [5.41, 5.74) is 14.3. The molecule has 0 radical (unpaired) electrons. The van der Waals surface area contributed by atoms with Crippen LogP contribution in [0.4, 0.5) is 0 Å². The van der Waals surface area contributed by atoms with Gasteiger partial charge < -0.3 is 4.57 Å². The molecule has 12 aromatic rings. The molecule has 0 aliphatic carbocycles. The Morgan fingerprint density at radius 1 is 0.305 bits per heavy atom. The quantitative estimate of drug-likeness (QED) is 0.164. The SMILES string of the molecule is c1cc(-c2cccc(-c3ccc4c5ccccc5n(-c5ccc6ccccc6c5)c4c3)c2)cc(-c2cccc(-c3cnc4c5ccccc5c5ccccc5c4n3)c2)c1. The van der Waals surface area contributed by atoms with Gasteiger partial charge in [0.05, 0.1) is 34.0 Å². The van der Waals surface area contributed by atoms with Crippen molar-refractivity contribution < 1.29 is 0 Å². The Balaban J connectivity index is 0.913. The predicted molar refractivity (Wildman–Crippen MR) is 248 cm³/mol. The number of hydrogen-bond acceptors (Lipinski definition) is 2. The van der Waals surface area contributed by atoms with Crippen LogP contribution < -0.4 is 0 Å². The van der Waals surface area contributed by atoms with E-state index in [2.05, 4.69) is 211 Å². The summed E-state index contributed by atoms with van der Waals surface area (Å²) in [7, 11) is 0. The molecule has 12 rings (SSSR count). The van der Waals surface area contributed by atoms with Gasteiger partial charge in [0.25, 0.3) is 0 Å². The van der Waals surface area contributed by atoms with E-state index < -0.39 is 0 Å². The summed E-state index contributed by atoms with van der Waals surface area (Å²) in [5.74, 6) is 0. The Hall–Kier alpha value is -7.88. The molecule has 59 heavy (non-hydrogen) atoms. The Kier molecular flexibility index (Phi) is 7.54. The summed E-state index contributed by atoms with van der Waals surface area (Å²) in [5, 5.41) is 9.63. The molecule has 0 fully saturated rings. The van der Waals surface area contributed by atoms with Crippen LogP contribution in [0.5, 0.6) is 0 Å². The lowest BCUT2D eigenvalue weighted by Gasteiger charge is -2.12. The molecule has 2 heterocycles. The summed E-state index contributed by atoms with van der Waals surface area (Å²) in [4.78, 5) is 10.3. The molecular weight excluding hydrogens is 715 g/mol.